The fourth-order valence-electron chi connectivity index (χ4n) is 3.49. The molecule has 1 saturated heterocycles. The number of anilines is 1. The van der Waals surface area contributed by atoms with Crippen molar-refractivity contribution < 1.29 is 9.53 Å². The summed E-state index contributed by atoms with van der Waals surface area (Å²) in [4.78, 5) is 12.4. The molecular formula is C21H28N4O2S. The number of nitrogens with zero attached hydrogens (tertiary/aromatic N) is 3. The van der Waals surface area contributed by atoms with Crippen LogP contribution in [0.3, 0.4) is 0 Å². The minimum absolute atomic E-state index is 0.0260. The van der Waals surface area contributed by atoms with Gasteiger partial charge in [-0.2, -0.15) is 0 Å². The van der Waals surface area contributed by atoms with Gasteiger partial charge in [0.05, 0.1) is 18.4 Å². The van der Waals surface area contributed by atoms with Gasteiger partial charge in [-0.15, -0.1) is 10.2 Å². The lowest BCUT2D eigenvalue weighted by Crippen LogP contribution is -2.19. The predicted octanol–water partition coefficient (Wildman–Crippen LogP) is 4.19. The van der Waals surface area contributed by atoms with Gasteiger partial charge in [-0.3, -0.25) is 4.79 Å². The molecule has 1 aromatic heterocycles. The number of ether oxygens (including phenoxy) is 1. The van der Waals surface area contributed by atoms with E-state index in [0.717, 1.165) is 42.7 Å². The van der Waals surface area contributed by atoms with Crippen molar-refractivity contribution in [3.63, 3.8) is 0 Å². The van der Waals surface area contributed by atoms with Gasteiger partial charge in [0, 0.05) is 18.2 Å². The SMILES string of the molecule is CC(C)c1ccc(NC(=O)CSc2nnc(C3CC3)n2CC2CCCO2)cc1. The number of thioether (sulfide) groups is 1. The van der Waals surface area contributed by atoms with Crippen LogP contribution in [0.2, 0.25) is 0 Å². The van der Waals surface area contributed by atoms with Crippen LogP contribution in [0.4, 0.5) is 5.69 Å². The smallest absolute Gasteiger partial charge is 0.234 e. The number of aromatic nitrogens is 3. The van der Waals surface area contributed by atoms with Crippen molar-refractivity contribution in [1.82, 2.24) is 14.8 Å². The van der Waals surface area contributed by atoms with Crippen molar-refractivity contribution in [2.75, 3.05) is 17.7 Å². The van der Waals surface area contributed by atoms with Crippen LogP contribution in [-0.2, 0) is 16.1 Å². The van der Waals surface area contributed by atoms with Crippen molar-refractivity contribution in [3.8, 4) is 0 Å². The van der Waals surface area contributed by atoms with E-state index in [4.69, 9.17) is 4.74 Å². The molecule has 2 aromatic rings. The number of carbonyl (C=O) groups is 1. The molecule has 7 heteroatoms. The predicted molar refractivity (Wildman–Crippen MR) is 111 cm³/mol. The van der Waals surface area contributed by atoms with Crippen molar-refractivity contribution in [2.45, 2.75) is 69.2 Å². The Bertz CT molecular complexity index is 808. The molecule has 1 saturated carbocycles. The molecule has 6 nitrogen and oxygen atoms in total. The van der Waals surface area contributed by atoms with Crippen LogP contribution < -0.4 is 5.32 Å². The minimum Gasteiger partial charge on any atom is -0.376 e. The van der Waals surface area contributed by atoms with Gasteiger partial charge in [-0.1, -0.05) is 37.7 Å². The quantitative estimate of drug-likeness (QED) is 0.673. The first-order valence-corrected chi connectivity index (χ1v) is 11.2. The molecule has 4 rings (SSSR count). The molecule has 1 aromatic carbocycles. The highest BCUT2D eigenvalue weighted by Gasteiger charge is 2.32. The van der Waals surface area contributed by atoms with Gasteiger partial charge < -0.3 is 14.6 Å². The molecule has 28 heavy (non-hydrogen) atoms. The number of rotatable bonds is 8. The Hall–Kier alpha value is -1.86. The van der Waals surface area contributed by atoms with E-state index >= 15 is 0 Å². The van der Waals surface area contributed by atoms with E-state index in [2.05, 4.69) is 46.1 Å². The van der Waals surface area contributed by atoms with E-state index in [1.54, 1.807) is 0 Å². The Morgan fingerprint density at radius 1 is 1.25 bits per heavy atom. The first-order chi connectivity index (χ1) is 13.6. The van der Waals surface area contributed by atoms with Crippen molar-refractivity contribution in [3.05, 3.63) is 35.7 Å². The molecule has 150 valence electrons. The maximum absolute atomic E-state index is 12.4. The number of hydrogen-bond acceptors (Lipinski definition) is 5. The minimum atomic E-state index is -0.0260. The van der Waals surface area contributed by atoms with Crippen LogP contribution in [0, 0.1) is 0 Å². The normalized spacial score (nSPS) is 19.3. The average molecular weight is 401 g/mol. The van der Waals surface area contributed by atoms with Crippen LogP contribution in [0.5, 0.6) is 0 Å². The first kappa shape index (κ1) is 19.5. The molecule has 1 amide bonds. The topological polar surface area (TPSA) is 69.0 Å². The number of nitrogens with one attached hydrogen (secondary N) is 1. The lowest BCUT2D eigenvalue weighted by atomic mass is 10.0. The summed E-state index contributed by atoms with van der Waals surface area (Å²) in [6.07, 6.45) is 4.80. The lowest BCUT2D eigenvalue weighted by Gasteiger charge is -2.14. The van der Waals surface area contributed by atoms with E-state index < -0.39 is 0 Å². The third kappa shape index (κ3) is 4.75. The second-order valence-electron chi connectivity index (χ2n) is 7.97. The number of carbonyl (C=O) groups excluding carboxylic acids is 1. The number of amides is 1. The van der Waals surface area contributed by atoms with Crippen LogP contribution in [0.1, 0.15) is 62.8 Å². The summed E-state index contributed by atoms with van der Waals surface area (Å²) in [5.41, 5.74) is 2.09. The molecule has 1 unspecified atom stereocenters. The van der Waals surface area contributed by atoms with E-state index in [9.17, 15) is 4.79 Å². The summed E-state index contributed by atoms with van der Waals surface area (Å²) in [6.45, 7) is 5.95. The van der Waals surface area contributed by atoms with E-state index in [-0.39, 0.29) is 12.0 Å². The molecule has 1 atom stereocenters. The number of benzene rings is 1. The highest BCUT2D eigenvalue weighted by Crippen LogP contribution is 2.40. The van der Waals surface area contributed by atoms with Gasteiger partial charge in [0.2, 0.25) is 5.91 Å². The zero-order chi connectivity index (χ0) is 19.5. The van der Waals surface area contributed by atoms with Gasteiger partial charge >= 0.3 is 0 Å². The van der Waals surface area contributed by atoms with Gasteiger partial charge in [-0.25, -0.2) is 0 Å². The first-order valence-electron chi connectivity index (χ1n) is 10.2. The molecule has 0 bridgehead atoms. The Labute approximate surface area is 170 Å². The molecule has 1 aliphatic heterocycles. The standard InChI is InChI=1S/C21H28N4O2S/c1-14(2)15-7-9-17(10-8-15)22-19(26)13-28-21-24-23-20(16-5-6-16)25(21)12-18-4-3-11-27-18/h7-10,14,16,18H,3-6,11-13H2,1-2H3,(H,22,26). The molecule has 1 aliphatic carbocycles. The van der Waals surface area contributed by atoms with E-state index in [0.29, 0.717) is 17.6 Å². The fourth-order valence-corrected chi connectivity index (χ4v) is 4.25. The maximum atomic E-state index is 12.4. The molecule has 2 aliphatic rings. The third-order valence-corrected chi connectivity index (χ3v) is 6.26. The Balaban J connectivity index is 1.36. The highest BCUT2D eigenvalue weighted by atomic mass is 32.2. The van der Waals surface area contributed by atoms with Crippen molar-refractivity contribution >= 4 is 23.4 Å². The second kappa shape index (κ2) is 8.66. The fraction of sp³-hybridized carbons (Fsp3) is 0.571. The Morgan fingerprint density at radius 3 is 2.68 bits per heavy atom. The molecule has 2 fully saturated rings. The second-order valence-corrected chi connectivity index (χ2v) is 8.92. The van der Waals surface area contributed by atoms with Crippen LogP contribution in [-0.4, -0.2) is 39.1 Å². The summed E-state index contributed by atoms with van der Waals surface area (Å²) in [6, 6.07) is 8.05. The van der Waals surface area contributed by atoms with Gasteiger partial charge in [0.1, 0.15) is 5.82 Å². The van der Waals surface area contributed by atoms with Crippen molar-refractivity contribution in [2.24, 2.45) is 0 Å². The summed E-state index contributed by atoms with van der Waals surface area (Å²) >= 11 is 1.45. The summed E-state index contributed by atoms with van der Waals surface area (Å²) in [7, 11) is 0. The van der Waals surface area contributed by atoms with Crippen LogP contribution in [0.25, 0.3) is 0 Å². The van der Waals surface area contributed by atoms with Gasteiger partial charge in [0.15, 0.2) is 5.16 Å². The largest absolute Gasteiger partial charge is 0.376 e. The van der Waals surface area contributed by atoms with Gasteiger partial charge in [-0.05, 0) is 49.3 Å². The molecule has 0 spiro atoms. The summed E-state index contributed by atoms with van der Waals surface area (Å²) in [5, 5.41) is 12.6. The Kier molecular flexibility index (Phi) is 6.01. The highest BCUT2D eigenvalue weighted by molar-refractivity contribution is 7.99. The average Bonchev–Trinajstić information content (AvgIpc) is 3.24. The summed E-state index contributed by atoms with van der Waals surface area (Å²) < 4.78 is 7.99. The van der Waals surface area contributed by atoms with Crippen molar-refractivity contribution in [1.29, 1.82) is 0 Å². The molecule has 2 heterocycles. The molecular weight excluding hydrogens is 372 g/mol. The maximum Gasteiger partial charge on any atom is 0.234 e. The Morgan fingerprint density at radius 2 is 2.04 bits per heavy atom. The zero-order valence-corrected chi connectivity index (χ0v) is 17.4. The molecule has 1 N–H and O–H groups in total. The summed E-state index contributed by atoms with van der Waals surface area (Å²) in [5.74, 6) is 2.36. The third-order valence-electron chi connectivity index (χ3n) is 5.29. The monoisotopic (exact) mass is 400 g/mol. The van der Waals surface area contributed by atoms with Crippen LogP contribution in [0.15, 0.2) is 29.4 Å². The zero-order valence-electron chi connectivity index (χ0n) is 16.6. The molecule has 0 radical (unpaired) electrons. The number of hydrogen-bond donors (Lipinski definition) is 1. The van der Waals surface area contributed by atoms with Gasteiger partial charge in [0.25, 0.3) is 0 Å². The van der Waals surface area contributed by atoms with Crippen LogP contribution >= 0.6 is 11.8 Å². The van der Waals surface area contributed by atoms with E-state index in [1.165, 1.54) is 30.2 Å². The van der Waals surface area contributed by atoms with E-state index in [1.807, 2.05) is 12.1 Å². The lowest BCUT2D eigenvalue weighted by molar-refractivity contribution is -0.113.